The molecule has 0 bridgehead atoms. The Morgan fingerprint density at radius 2 is 1.72 bits per heavy atom. The molecule has 7 nitrogen and oxygen atoms in total. The lowest BCUT2D eigenvalue weighted by Gasteiger charge is -2.28. The van der Waals surface area contributed by atoms with E-state index in [0.717, 1.165) is 11.3 Å². The first-order chi connectivity index (χ1) is 14.0. The highest BCUT2D eigenvalue weighted by molar-refractivity contribution is 5.81. The van der Waals surface area contributed by atoms with Crippen LogP contribution in [-0.2, 0) is 11.3 Å². The molecule has 0 aliphatic carbocycles. The summed E-state index contributed by atoms with van der Waals surface area (Å²) in [4.78, 5) is 19.0. The van der Waals surface area contributed by atoms with Crippen molar-refractivity contribution < 1.29 is 18.8 Å². The highest BCUT2D eigenvalue weighted by Gasteiger charge is 2.26. The van der Waals surface area contributed by atoms with Gasteiger partial charge in [-0.2, -0.15) is 4.98 Å². The summed E-state index contributed by atoms with van der Waals surface area (Å²) in [6, 6.07) is 16.6. The number of carbonyl (C=O) groups is 1. The Morgan fingerprint density at radius 1 is 1.03 bits per heavy atom. The van der Waals surface area contributed by atoms with Gasteiger partial charge in [0.15, 0.2) is 6.10 Å². The van der Waals surface area contributed by atoms with Crippen molar-refractivity contribution in [3.05, 3.63) is 60.5 Å². The van der Waals surface area contributed by atoms with Gasteiger partial charge < -0.3 is 18.9 Å². The summed E-state index contributed by atoms with van der Waals surface area (Å²) >= 11 is 0. The van der Waals surface area contributed by atoms with Crippen molar-refractivity contribution in [2.45, 2.75) is 39.5 Å². The highest BCUT2D eigenvalue weighted by atomic mass is 16.5. The van der Waals surface area contributed by atoms with Gasteiger partial charge in [-0.05, 0) is 57.2 Å². The van der Waals surface area contributed by atoms with E-state index in [-0.39, 0.29) is 18.5 Å². The minimum Gasteiger partial charge on any atom is -0.497 e. The van der Waals surface area contributed by atoms with E-state index in [1.54, 1.807) is 18.9 Å². The van der Waals surface area contributed by atoms with E-state index in [0.29, 0.717) is 17.5 Å². The van der Waals surface area contributed by atoms with E-state index in [1.165, 1.54) is 0 Å². The van der Waals surface area contributed by atoms with Gasteiger partial charge in [0.25, 0.3) is 5.91 Å². The van der Waals surface area contributed by atoms with Crippen LogP contribution in [0.2, 0.25) is 0 Å². The van der Waals surface area contributed by atoms with Crippen LogP contribution in [0, 0.1) is 0 Å². The van der Waals surface area contributed by atoms with Crippen LogP contribution in [-0.4, -0.2) is 40.2 Å². The summed E-state index contributed by atoms with van der Waals surface area (Å²) in [5.41, 5.74) is 0.809. The van der Waals surface area contributed by atoms with Crippen LogP contribution in [0.15, 0.2) is 59.1 Å². The second kappa shape index (κ2) is 9.23. The van der Waals surface area contributed by atoms with E-state index in [2.05, 4.69) is 10.1 Å². The molecular formula is C22H25N3O4. The van der Waals surface area contributed by atoms with E-state index in [1.807, 2.05) is 68.4 Å². The van der Waals surface area contributed by atoms with Crippen LogP contribution in [0.3, 0.4) is 0 Å². The molecule has 0 N–H and O–H groups in total. The molecule has 0 aliphatic heterocycles. The number of nitrogens with zero attached hydrogens (tertiary/aromatic N) is 3. The first kappa shape index (κ1) is 20.4. The van der Waals surface area contributed by atoms with Crippen LogP contribution in [0.5, 0.6) is 11.5 Å². The van der Waals surface area contributed by atoms with E-state index < -0.39 is 6.10 Å². The van der Waals surface area contributed by atoms with Crippen molar-refractivity contribution in [1.82, 2.24) is 15.0 Å². The number of hydrogen-bond acceptors (Lipinski definition) is 6. The summed E-state index contributed by atoms with van der Waals surface area (Å²) in [5.74, 6) is 2.09. The number of amides is 1. The molecule has 0 unspecified atom stereocenters. The summed E-state index contributed by atoms with van der Waals surface area (Å²) in [5, 5.41) is 4.03. The Morgan fingerprint density at radius 3 is 2.34 bits per heavy atom. The zero-order chi connectivity index (χ0) is 20.8. The van der Waals surface area contributed by atoms with Crippen molar-refractivity contribution in [1.29, 1.82) is 0 Å². The summed E-state index contributed by atoms with van der Waals surface area (Å²) in [6.45, 7) is 5.82. The average molecular weight is 395 g/mol. The smallest absolute Gasteiger partial charge is 0.264 e. The molecule has 1 heterocycles. The third kappa shape index (κ3) is 5.13. The minimum absolute atomic E-state index is 0.0549. The standard InChI is InChI=1S/C22H25N3O4/c1-15(2)25(22(26)16(3)28-19-8-6-5-7-9-19)14-20-23-21(24-29-20)17-10-12-18(27-4)13-11-17/h5-13,15-16H,14H2,1-4H3/t16-/m1/s1. The van der Waals surface area contributed by atoms with Crippen LogP contribution in [0.25, 0.3) is 11.4 Å². The SMILES string of the molecule is COc1ccc(-c2noc(CN(C(=O)[C@@H](C)Oc3ccccc3)C(C)C)n2)cc1. The van der Waals surface area contributed by atoms with E-state index in [4.69, 9.17) is 14.0 Å². The maximum Gasteiger partial charge on any atom is 0.264 e. The number of aromatic nitrogens is 2. The first-order valence-corrected chi connectivity index (χ1v) is 9.47. The van der Waals surface area contributed by atoms with Gasteiger partial charge >= 0.3 is 0 Å². The average Bonchev–Trinajstić information content (AvgIpc) is 3.21. The Labute approximate surface area is 170 Å². The first-order valence-electron chi connectivity index (χ1n) is 9.47. The molecule has 3 aromatic rings. The van der Waals surface area contributed by atoms with Crippen LogP contribution in [0.1, 0.15) is 26.7 Å². The molecule has 0 saturated carbocycles. The Kier molecular flexibility index (Phi) is 6.49. The molecule has 1 amide bonds. The van der Waals surface area contributed by atoms with Gasteiger partial charge in [0.1, 0.15) is 18.0 Å². The molecule has 7 heteroatoms. The lowest BCUT2D eigenvalue weighted by Crippen LogP contribution is -2.43. The number of para-hydroxylation sites is 1. The normalized spacial score (nSPS) is 11.9. The summed E-state index contributed by atoms with van der Waals surface area (Å²) < 4.78 is 16.3. The molecule has 2 aromatic carbocycles. The van der Waals surface area contributed by atoms with Gasteiger partial charge in [-0.25, -0.2) is 0 Å². The number of hydrogen-bond donors (Lipinski definition) is 0. The van der Waals surface area contributed by atoms with Crippen molar-refractivity contribution in [2.24, 2.45) is 0 Å². The molecule has 0 radical (unpaired) electrons. The predicted molar refractivity (Wildman–Crippen MR) is 109 cm³/mol. The number of methoxy groups -OCH3 is 1. The van der Waals surface area contributed by atoms with Crippen molar-refractivity contribution in [2.75, 3.05) is 7.11 Å². The fraction of sp³-hybridized carbons (Fsp3) is 0.318. The maximum absolute atomic E-state index is 12.9. The monoisotopic (exact) mass is 395 g/mol. The summed E-state index contributed by atoms with van der Waals surface area (Å²) in [7, 11) is 1.61. The number of benzene rings is 2. The molecule has 1 atom stereocenters. The number of rotatable bonds is 8. The summed E-state index contributed by atoms with van der Waals surface area (Å²) in [6.07, 6.45) is -0.635. The molecule has 0 saturated heterocycles. The van der Waals surface area contributed by atoms with Crippen molar-refractivity contribution in [3.63, 3.8) is 0 Å². The quantitative estimate of drug-likeness (QED) is 0.575. The van der Waals surface area contributed by atoms with Crippen molar-refractivity contribution >= 4 is 5.91 Å². The lowest BCUT2D eigenvalue weighted by molar-refractivity contribution is -0.140. The second-order valence-corrected chi connectivity index (χ2v) is 6.87. The van der Waals surface area contributed by atoms with Gasteiger partial charge in [0.2, 0.25) is 11.7 Å². The molecule has 0 aliphatic rings. The topological polar surface area (TPSA) is 77.7 Å². The molecule has 0 spiro atoms. The van der Waals surface area contributed by atoms with Gasteiger partial charge in [-0.15, -0.1) is 0 Å². The molecular weight excluding hydrogens is 370 g/mol. The van der Waals surface area contributed by atoms with Crippen LogP contribution in [0.4, 0.5) is 0 Å². The second-order valence-electron chi connectivity index (χ2n) is 6.87. The Hall–Kier alpha value is -3.35. The van der Waals surface area contributed by atoms with Gasteiger partial charge in [0.05, 0.1) is 7.11 Å². The maximum atomic E-state index is 12.9. The third-order valence-corrected chi connectivity index (χ3v) is 4.43. The van der Waals surface area contributed by atoms with Crippen molar-refractivity contribution in [3.8, 4) is 22.9 Å². The lowest BCUT2D eigenvalue weighted by atomic mass is 10.2. The van der Waals surface area contributed by atoms with Gasteiger partial charge in [0, 0.05) is 11.6 Å². The fourth-order valence-corrected chi connectivity index (χ4v) is 2.82. The minimum atomic E-state index is -0.635. The van der Waals surface area contributed by atoms with Crippen LogP contribution >= 0.6 is 0 Å². The predicted octanol–water partition coefficient (Wildman–Crippen LogP) is 3.95. The van der Waals surface area contributed by atoms with Gasteiger partial charge in [-0.3, -0.25) is 4.79 Å². The molecule has 0 fully saturated rings. The number of ether oxygens (including phenoxy) is 2. The Bertz CT molecular complexity index is 923. The largest absolute Gasteiger partial charge is 0.497 e. The zero-order valence-corrected chi connectivity index (χ0v) is 17.0. The number of carbonyl (C=O) groups excluding carboxylic acids is 1. The van der Waals surface area contributed by atoms with E-state index >= 15 is 0 Å². The zero-order valence-electron chi connectivity index (χ0n) is 17.0. The highest BCUT2D eigenvalue weighted by Crippen LogP contribution is 2.21. The molecule has 1 aromatic heterocycles. The van der Waals surface area contributed by atoms with Gasteiger partial charge in [-0.1, -0.05) is 23.4 Å². The molecule has 3 rings (SSSR count). The van der Waals surface area contributed by atoms with E-state index in [9.17, 15) is 4.79 Å². The molecule has 29 heavy (non-hydrogen) atoms. The Balaban J connectivity index is 1.70. The third-order valence-electron chi connectivity index (χ3n) is 4.43. The van der Waals surface area contributed by atoms with Crippen LogP contribution < -0.4 is 9.47 Å². The fourth-order valence-electron chi connectivity index (χ4n) is 2.82. The molecule has 152 valence electrons.